The number of halogens is 1. The summed E-state index contributed by atoms with van der Waals surface area (Å²) in [6.07, 6.45) is 0. The molecule has 0 saturated carbocycles. The van der Waals surface area contributed by atoms with Gasteiger partial charge in [-0.25, -0.2) is 0 Å². The van der Waals surface area contributed by atoms with E-state index in [1.165, 1.54) is 6.07 Å². The summed E-state index contributed by atoms with van der Waals surface area (Å²) in [5, 5.41) is 9.08. The molecule has 1 radical (unpaired) electrons. The van der Waals surface area contributed by atoms with Crippen LogP contribution in [0.2, 0.25) is 0 Å². The molecule has 5 heteroatoms. The summed E-state index contributed by atoms with van der Waals surface area (Å²) in [5.41, 5.74) is 2.60. The van der Waals surface area contributed by atoms with Crippen LogP contribution in [0, 0.1) is 29.9 Å². The van der Waals surface area contributed by atoms with Crippen LogP contribution in [0.1, 0.15) is 31.9 Å². The van der Waals surface area contributed by atoms with Crippen molar-refractivity contribution in [3.8, 4) is 6.07 Å². The van der Waals surface area contributed by atoms with Gasteiger partial charge in [0.25, 0.3) is 0 Å². The number of nitriles is 1. The Labute approximate surface area is 156 Å². The number of rotatable bonds is 3. The monoisotopic (exact) mass is 500 g/mol. The average Bonchev–Trinajstić information content (AvgIpc) is 2.94. The molecule has 0 bridgehead atoms. The maximum atomic E-state index is 13.6. The third-order valence-corrected chi connectivity index (χ3v) is 4.33. The molecule has 2 aromatic carbocycles. The summed E-state index contributed by atoms with van der Waals surface area (Å²) >= 11 is 0. The van der Waals surface area contributed by atoms with Crippen LogP contribution in [0.5, 0.6) is 0 Å². The molecule has 0 aromatic heterocycles. The molecule has 3 nitrogen and oxygen atoms in total. The van der Waals surface area contributed by atoms with Gasteiger partial charge in [-0.1, -0.05) is 12.1 Å². The number of para-hydroxylation sites is 2. The number of anilines is 2. The molecule has 0 aliphatic carbocycles. The Balaban J connectivity index is 0.00000208. The fourth-order valence-electron chi connectivity index (χ4n) is 2.91. The Kier molecular flexibility index (Phi) is 5.32. The Hall–Kier alpha value is -1.89. The van der Waals surface area contributed by atoms with E-state index in [1.807, 2.05) is 32.0 Å². The van der Waals surface area contributed by atoms with Crippen molar-refractivity contribution in [2.24, 2.45) is 0 Å². The van der Waals surface area contributed by atoms with Crippen molar-refractivity contribution in [2.45, 2.75) is 26.3 Å². The third-order valence-electron chi connectivity index (χ3n) is 4.33. The Bertz CT molecular complexity index is 782. The standard InChI is InChI=1S/C19H18FN3.Ir/c1-4-22-13-23(18-8-6-5-7-17(18)22)19(2,3)15-9-10-16(20)14(11-15)12-21;/h5-8,10-11,13H,4H2,1-3H3;/q-2;. The van der Waals surface area contributed by atoms with Crippen molar-refractivity contribution in [1.29, 1.82) is 5.26 Å². The minimum absolute atomic E-state index is 0. The van der Waals surface area contributed by atoms with Gasteiger partial charge in [-0.2, -0.15) is 18.0 Å². The van der Waals surface area contributed by atoms with Crippen molar-refractivity contribution in [3.63, 3.8) is 0 Å². The van der Waals surface area contributed by atoms with Crippen LogP contribution in [-0.2, 0) is 25.6 Å². The summed E-state index contributed by atoms with van der Waals surface area (Å²) in [7, 11) is 0. The molecule has 0 fully saturated rings. The van der Waals surface area contributed by atoms with Crippen molar-refractivity contribution in [1.82, 2.24) is 0 Å². The van der Waals surface area contributed by atoms with E-state index in [1.54, 1.807) is 6.07 Å². The van der Waals surface area contributed by atoms with Crippen LogP contribution in [0.15, 0.2) is 36.4 Å². The number of nitrogens with zero attached hydrogens (tertiary/aromatic N) is 3. The number of hydrogen-bond donors (Lipinski definition) is 0. The molecule has 3 rings (SSSR count). The van der Waals surface area contributed by atoms with Gasteiger partial charge < -0.3 is 9.80 Å². The quantitative estimate of drug-likeness (QED) is 0.594. The third kappa shape index (κ3) is 2.92. The van der Waals surface area contributed by atoms with Crippen LogP contribution in [0.25, 0.3) is 0 Å². The number of fused-ring (bicyclic) bond motifs is 1. The Morgan fingerprint density at radius 3 is 2.58 bits per heavy atom. The summed E-state index contributed by atoms with van der Waals surface area (Å²) in [5.74, 6) is -0.534. The molecule has 0 atom stereocenters. The molecule has 0 amide bonds. The molecule has 0 N–H and O–H groups in total. The minimum Gasteiger partial charge on any atom is -0.502 e. The summed E-state index contributed by atoms with van der Waals surface area (Å²) in [6, 6.07) is 15.9. The molecule has 1 aliphatic heterocycles. The van der Waals surface area contributed by atoms with Gasteiger partial charge in [0.2, 0.25) is 0 Å². The number of benzene rings is 2. The average molecular weight is 500 g/mol. The summed E-state index contributed by atoms with van der Waals surface area (Å²) in [4.78, 5) is 4.32. The van der Waals surface area contributed by atoms with Crippen molar-refractivity contribution in [3.05, 3.63) is 66.1 Å². The molecule has 0 saturated heterocycles. The molecule has 127 valence electrons. The first-order valence-corrected chi connectivity index (χ1v) is 7.61. The van der Waals surface area contributed by atoms with E-state index >= 15 is 0 Å². The van der Waals surface area contributed by atoms with Gasteiger partial charge >= 0.3 is 0 Å². The van der Waals surface area contributed by atoms with Crippen LogP contribution in [0.4, 0.5) is 15.8 Å². The van der Waals surface area contributed by atoms with Gasteiger partial charge in [0, 0.05) is 42.8 Å². The first-order valence-electron chi connectivity index (χ1n) is 7.61. The van der Waals surface area contributed by atoms with Crippen LogP contribution in [-0.4, -0.2) is 6.54 Å². The van der Waals surface area contributed by atoms with Crippen LogP contribution in [0.3, 0.4) is 0 Å². The van der Waals surface area contributed by atoms with E-state index in [0.717, 1.165) is 23.5 Å². The first kappa shape index (κ1) is 18.4. The zero-order chi connectivity index (χ0) is 16.6. The van der Waals surface area contributed by atoms with E-state index in [0.29, 0.717) is 0 Å². The van der Waals surface area contributed by atoms with Crippen molar-refractivity contribution in [2.75, 3.05) is 16.3 Å². The maximum Gasteiger partial charge on any atom is 0.0754 e. The second-order valence-electron chi connectivity index (χ2n) is 6.04. The predicted octanol–water partition coefficient (Wildman–Crippen LogP) is 4.20. The Morgan fingerprint density at radius 2 is 1.96 bits per heavy atom. The van der Waals surface area contributed by atoms with E-state index in [2.05, 4.69) is 41.6 Å². The van der Waals surface area contributed by atoms with Gasteiger partial charge in [-0.15, -0.1) is 17.7 Å². The molecule has 2 aromatic rings. The molecule has 0 unspecified atom stereocenters. The normalized spacial score (nSPS) is 13.3. The maximum absolute atomic E-state index is 13.6. The second kappa shape index (κ2) is 6.93. The molecule has 0 spiro atoms. The van der Waals surface area contributed by atoms with Gasteiger partial charge in [-0.05, 0) is 45.0 Å². The van der Waals surface area contributed by atoms with E-state index < -0.39 is 11.4 Å². The Morgan fingerprint density at radius 1 is 1.29 bits per heavy atom. The van der Waals surface area contributed by atoms with E-state index in [4.69, 9.17) is 5.26 Å². The molecular weight excluding hydrogens is 481 g/mol. The van der Waals surface area contributed by atoms with Crippen molar-refractivity contribution < 1.29 is 24.5 Å². The van der Waals surface area contributed by atoms with Gasteiger partial charge in [0.1, 0.15) is 0 Å². The van der Waals surface area contributed by atoms with E-state index in [9.17, 15) is 4.39 Å². The molecule has 1 aliphatic rings. The molecule has 1 heterocycles. The second-order valence-corrected chi connectivity index (χ2v) is 6.04. The van der Waals surface area contributed by atoms with Crippen LogP contribution < -0.4 is 9.80 Å². The van der Waals surface area contributed by atoms with Crippen molar-refractivity contribution >= 4 is 11.4 Å². The minimum atomic E-state index is -0.534. The summed E-state index contributed by atoms with van der Waals surface area (Å²) < 4.78 is 13.6. The molecule has 24 heavy (non-hydrogen) atoms. The fourth-order valence-corrected chi connectivity index (χ4v) is 2.91. The molecular formula is C19H18FIrN3-2. The van der Waals surface area contributed by atoms with Gasteiger partial charge in [-0.3, -0.25) is 4.39 Å². The smallest absolute Gasteiger partial charge is 0.0754 e. The summed E-state index contributed by atoms with van der Waals surface area (Å²) in [6.45, 7) is 9.12. The number of hydrogen-bond acceptors (Lipinski definition) is 3. The zero-order valence-electron chi connectivity index (χ0n) is 13.8. The van der Waals surface area contributed by atoms with Gasteiger partial charge in [0.15, 0.2) is 0 Å². The van der Waals surface area contributed by atoms with Crippen LogP contribution >= 0.6 is 0 Å². The zero-order valence-corrected chi connectivity index (χ0v) is 16.2. The SMILES string of the molecule is CCN1[CH-]N(C(C)(C)c2[c-]cc(F)c(C#N)c2)c2ccccc21.[Ir]. The first-order chi connectivity index (χ1) is 11.0. The predicted molar refractivity (Wildman–Crippen MR) is 89.2 cm³/mol. The van der Waals surface area contributed by atoms with E-state index in [-0.39, 0.29) is 25.7 Å². The van der Waals surface area contributed by atoms with Gasteiger partial charge in [0.05, 0.1) is 6.07 Å². The topological polar surface area (TPSA) is 30.3 Å². The largest absolute Gasteiger partial charge is 0.502 e. The fraction of sp³-hybridized carbons (Fsp3) is 0.263.